The van der Waals surface area contributed by atoms with E-state index in [9.17, 15) is 4.79 Å². The molecule has 126 valence electrons. The van der Waals surface area contributed by atoms with Crippen molar-refractivity contribution in [3.8, 4) is 0 Å². The molecule has 2 aliphatic rings. The van der Waals surface area contributed by atoms with Gasteiger partial charge in [-0.25, -0.2) is 0 Å². The topological polar surface area (TPSA) is 44.8 Å². The maximum absolute atomic E-state index is 12.5. The van der Waals surface area contributed by atoms with Crippen molar-refractivity contribution < 1.29 is 9.53 Å². The summed E-state index contributed by atoms with van der Waals surface area (Å²) in [4.78, 5) is 16.9. The summed E-state index contributed by atoms with van der Waals surface area (Å²) in [6, 6.07) is 10.8. The van der Waals surface area contributed by atoms with Gasteiger partial charge in [0.05, 0.1) is 19.1 Å². The summed E-state index contributed by atoms with van der Waals surface area (Å²) >= 11 is 0. The van der Waals surface area contributed by atoms with Gasteiger partial charge in [0.1, 0.15) is 0 Å². The van der Waals surface area contributed by atoms with Gasteiger partial charge in [-0.3, -0.25) is 9.69 Å². The molecule has 2 saturated heterocycles. The van der Waals surface area contributed by atoms with Crippen LogP contribution in [0.4, 0.5) is 0 Å². The van der Waals surface area contributed by atoms with E-state index in [-0.39, 0.29) is 18.1 Å². The number of piperazine rings is 1. The molecule has 1 N–H and O–H groups in total. The molecule has 5 heteroatoms. The second-order valence-electron chi connectivity index (χ2n) is 6.56. The van der Waals surface area contributed by atoms with E-state index in [2.05, 4.69) is 41.4 Å². The number of morpholine rings is 1. The molecule has 1 aromatic rings. The van der Waals surface area contributed by atoms with Gasteiger partial charge in [-0.2, -0.15) is 0 Å². The molecule has 0 spiro atoms. The molecule has 0 radical (unpaired) electrons. The van der Waals surface area contributed by atoms with E-state index < -0.39 is 0 Å². The third kappa shape index (κ3) is 4.53. The summed E-state index contributed by atoms with van der Waals surface area (Å²) < 4.78 is 5.84. The summed E-state index contributed by atoms with van der Waals surface area (Å²) in [7, 11) is 0. The molecule has 2 heterocycles. The van der Waals surface area contributed by atoms with Gasteiger partial charge < -0.3 is 15.0 Å². The fourth-order valence-electron chi connectivity index (χ4n) is 3.41. The Hall–Kier alpha value is -1.43. The van der Waals surface area contributed by atoms with Crippen LogP contribution in [0.3, 0.4) is 0 Å². The molecule has 3 rings (SSSR count). The van der Waals surface area contributed by atoms with E-state index in [0.717, 1.165) is 39.3 Å². The Morgan fingerprint density at radius 3 is 2.91 bits per heavy atom. The van der Waals surface area contributed by atoms with Gasteiger partial charge in [-0.1, -0.05) is 30.3 Å². The smallest absolute Gasteiger partial charge is 0.225 e. The first-order valence-corrected chi connectivity index (χ1v) is 8.60. The number of nitrogens with zero attached hydrogens (tertiary/aromatic N) is 2. The van der Waals surface area contributed by atoms with E-state index in [1.807, 2.05) is 11.0 Å². The lowest BCUT2D eigenvalue weighted by Gasteiger charge is -2.37. The highest BCUT2D eigenvalue weighted by molar-refractivity contribution is 5.77. The average Bonchev–Trinajstić information content (AvgIpc) is 2.56. The van der Waals surface area contributed by atoms with E-state index >= 15 is 0 Å². The third-order valence-electron chi connectivity index (χ3n) is 4.70. The number of carbonyl (C=O) groups is 1. The van der Waals surface area contributed by atoms with Crippen LogP contribution < -0.4 is 5.32 Å². The van der Waals surface area contributed by atoms with E-state index in [0.29, 0.717) is 13.0 Å². The summed E-state index contributed by atoms with van der Waals surface area (Å²) in [5.41, 5.74) is 1.32. The van der Waals surface area contributed by atoms with Crippen LogP contribution in [0.2, 0.25) is 0 Å². The van der Waals surface area contributed by atoms with Gasteiger partial charge in [0.25, 0.3) is 0 Å². The van der Waals surface area contributed by atoms with E-state index in [1.165, 1.54) is 5.56 Å². The number of hydrogen-bond donors (Lipinski definition) is 1. The van der Waals surface area contributed by atoms with Crippen LogP contribution in [0.15, 0.2) is 30.3 Å². The Labute approximate surface area is 138 Å². The minimum atomic E-state index is 0.0158. The van der Waals surface area contributed by atoms with Gasteiger partial charge in [0.15, 0.2) is 0 Å². The molecule has 23 heavy (non-hydrogen) atoms. The van der Waals surface area contributed by atoms with Crippen LogP contribution in [0.5, 0.6) is 0 Å². The van der Waals surface area contributed by atoms with Crippen LogP contribution in [0.25, 0.3) is 0 Å². The zero-order chi connectivity index (χ0) is 16.1. The minimum Gasteiger partial charge on any atom is -0.375 e. The van der Waals surface area contributed by atoms with Crippen molar-refractivity contribution in [1.29, 1.82) is 0 Å². The summed E-state index contributed by atoms with van der Waals surface area (Å²) in [6.07, 6.45) is 0.511. The Balaban J connectivity index is 1.51. The van der Waals surface area contributed by atoms with Gasteiger partial charge in [0, 0.05) is 45.3 Å². The maximum atomic E-state index is 12.5. The summed E-state index contributed by atoms with van der Waals surface area (Å²) in [5, 5.41) is 3.32. The number of carbonyl (C=O) groups excluding carboxylic acids is 1. The number of hydrogen-bond acceptors (Lipinski definition) is 4. The van der Waals surface area contributed by atoms with Crippen molar-refractivity contribution in [2.24, 2.45) is 0 Å². The van der Waals surface area contributed by atoms with Crippen LogP contribution >= 0.6 is 0 Å². The fourth-order valence-corrected chi connectivity index (χ4v) is 3.41. The van der Waals surface area contributed by atoms with Crippen molar-refractivity contribution in [1.82, 2.24) is 15.1 Å². The quantitative estimate of drug-likeness (QED) is 0.903. The SMILES string of the molecule is C[C@H]1CNCCN1C(=O)C[C@H]1CN(Cc2ccccc2)CCO1. The average molecular weight is 317 g/mol. The minimum absolute atomic E-state index is 0.0158. The Morgan fingerprint density at radius 2 is 2.13 bits per heavy atom. The lowest BCUT2D eigenvalue weighted by atomic mass is 10.1. The van der Waals surface area contributed by atoms with Crippen LogP contribution in [-0.2, 0) is 16.1 Å². The van der Waals surface area contributed by atoms with Gasteiger partial charge in [-0.05, 0) is 12.5 Å². The largest absolute Gasteiger partial charge is 0.375 e. The van der Waals surface area contributed by atoms with Gasteiger partial charge in [-0.15, -0.1) is 0 Å². The highest BCUT2D eigenvalue weighted by atomic mass is 16.5. The highest BCUT2D eigenvalue weighted by Crippen LogP contribution is 2.15. The first kappa shape index (κ1) is 16.4. The predicted molar refractivity (Wildman–Crippen MR) is 90.1 cm³/mol. The van der Waals surface area contributed by atoms with Crippen LogP contribution in [0, 0.1) is 0 Å². The molecular weight excluding hydrogens is 290 g/mol. The summed E-state index contributed by atoms with van der Waals surface area (Å²) in [5.74, 6) is 0.227. The van der Waals surface area contributed by atoms with Crippen molar-refractivity contribution in [3.63, 3.8) is 0 Å². The predicted octanol–water partition coefficient (Wildman–Crippen LogP) is 1.10. The maximum Gasteiger partial charge on any atom is 0.225 e. The first-order chi connectivity index (χ1) is 11.2. The molecule has 1 amide bonds. The molecule has 0 unspecified atom stereocenters. The molecule has 5 nitrogen and oxygen atoms in total. The molecule has 1 aromatic carbocycles. The molecule has 0 bridgehead atoms. The third-order valence-corrected chi connectivity index (χ3v) is 4.70. The number of rotatable bonds is 4. The lowest BCUT2D eigenvalue weighted by Crippen LogP contribution is -2.53. The number of nitrogens with one attached hydrogen (secondary N) is 1. The molecular formula is C18H27N3O2. The van der Waals surface area contributed by atoms with Crippen molar-refractivity contribution >= 4 is 5.91 Å². The molecule has 2 fully saturated rings. The Morgan fingerprint density at radius 1 is 1.30 bits per heavy atom. The zero-order valence-corrected chi connectivity index (χ0v) is 13.9. The van der Waals surface area contributed by atoms with Gasteiger partial charge >= 0.3 is 0 Å². The van der Waals surface area contributed by atoms with E-state index in [1.54, 1.807) is 0 Å². The second kappa shape index (κ2) is 7.90. The fraction of sp³-hybridized carbons (Fsp3) is 0.611. The number of ether oxygens (including phenoxy) is 1. The summed E-state index contributed by atoms with van der Waals surface area (Å²) in [6.45, 7) is 8.10. The zero-order valence-electron chi connectivity index (χ0n) is 13.9. The van der Waals surface area contributed by atoms with E-state index in [4.69, 9.17) is 4.74 Å². The molecule has 2 aliphatic heterocycles. The Kier molecular flexibility index (Phi) is 5.65. The lowest BCUT2D eigenvalue weighted by molar-refractivity contribution is -0.139. The van der Waals surface area contributed by atoms with Crippen molar-refractivity contribution in [3.05, 3.63) is 35.9 Å². The van der Waals surface area contributed by atoms with Crippen LogP contribution in [-0.4, -0.2) is 67.2 Å². The molecule has 0 saturated carbocycles. The monoisotopic (exact) mass is 317 g/mol. The van der Waals surface area contributed by atoms with Gasteiger partial charge in [0.2, 0.25) is 5.91 Å². The first-order valence-electron chi connectivity index (χ1n) is 8.60. The van der Waals surface area contributed by atoms with Crippen molar-refractivity contribution in [2.75, 3.05) is 39.3 Å². The number of benzene rings is 1. The Bertz CT molecular complexity index is 508. The standard InChI is InChI=1S/C18H27N3O2/c1-15-12-19-7-8-21(15)18(22)11-17-14-20(9-10-23-17)13-16-5-3-2-4-6-16/h2-6,15,17,19H,7-14H2,1H3/t15-,17-/m0/s1. The van der Waals surface area contributed by atoms with Crippen LogP contribution in [0.1, 0.15) is 18.9 Å². The number of amides is 1. The highest BCUT2D eigenvalue weighted by Gasteiger charge is 2.28. The normalized spacial score (nSPS) is 26.2. The molecule has 0 aliphatic carbocycles. The molecule has 2 atom stereocenters. The van der Waals surface area contributed by atoms with Crippen molar-refractivity contribution in [2.45, 2.75) is 32.0 Å². The molecule has 0 aromatic heterocycles. The second-order valence-corrected chi connectivity index (χ2v) is 6.56.